The maximum atomic E-state index is 11.7. The van der Waals surface area contributed by atoms with Crippen molar-refractivity contribution < 1.29 is 14.3 Å². The third kappa shape index (κ3) is 0.825. The molecule has 3 nitrogen and oxygen atoms in total. The van der Waals surface area contributed by atoms with Gasteiger partial charge < -0.3 is 4.74 Å². The lowest BCUT2D eigenvalue weighted by atomic mass is 9.59. The Bertz CT molecular complexity index is 331. The van der Waals surface area contributed by atoms with Crippen LogP contribution in [0.2, 0.25) is 0 Å². The highest BCUT2D eigenvalue weighted by Gasteiger charge is 2.64. The van der Waals surface area contributed by atoms with Crippen LogP contribution in [0.3, 0.4) is 0 Å². The first kappa shape index (κ1) is 9.44. The average Bonchev–Trinajstić information content (AvgIpc) is 2.37. The molecule has 2 unspecified atom stereocenters. The van der Waals surface area contributed by atoms with Gasteiger partial charge in [-0.25, -0.2) is 0 Å². The summed E-state index contributed by atoms with van der Waals surface area (Å²) >= 11 is 0. The van der Waals surface area contributed by atoms with E-state index in [1.165, 1.54) is 0 Å². The predicted molar refractivity (Wildman–Crippen MR) is 50.3 cm³/mol. The van der Waals surface area contributed by atoms with Crippen LogP contribution in [-0.4, -0.2) is 11.9 Å². The van der Waals surface area contributed by atoms with Gasteiger partial charge in [0.05, 0.1) is 10.8 Å². The van der Waals surface area contributed by atoms with Gasteiger partial charge in [0, 0.05) is 0 Å². The summed E-state index contributed by atoms with van der Waals surface area (Å²) in [6, 6.07) is 0. The molecule has 0 amide bonds. The van der Waals surface area contributed by atoms with Crippen molar-refractivity contribution in [2.75, 3.05) is 0 Å². The molecule has 1 fully saturated rings. The Morgan fingerprint density at radius 1 is 1.29 bits per heavy atom. The SMILES string of the molecule is CCC12CC=CCC1(C)C(=O)OC2=O. The van der Waals surface area contributed by atoms with Gasteiger partial charge in [-0.1, -0.05) is 19.1 Å². The molecule has 0 aromatic rings. The van der Waals surface area contributed by atoms with Crippen LogP contribution in [0, 0.1) is 10.8 Å². The maximum absolute atomic E-state index is 11.7. The van der Waals surface area contributed by atoms with Crippen molar-refractivity contribution in [2.24, 2.45) is 10.8 Å². The van der Waals surface area contributed by atoms with E-state index in [0.29, 0.717) is 19.3 Å². The van der Waals surface area contributed by atoms with E-state index in [0.717, 1.165) is 0 Å². The Balaban J connectivity index is 2.55. The van der Waals surface area contributed by atoms with Crippen LogP contribution in [0.1, 0.15) is 33.1 Å². The normalized spacial score (nSPS) is 41.0. The Labute approximate surface area is 83.1 Å². The summed E-state index contributed by atoms with van der Waals surface area (Å²) in [5, 5.41) is 0. The fourth-order valence-electron chi connectivity index (χ4n) is 2.58. The van der Waals surface area contributed by atoms with Gasteiger partial charge in [0.1, 0.15) is 0 Å². The van der Waals surface area contributed by atoms with Crippen LogP contribution in [0.25, 0.3) is 0 Å². The number of cyclic esters (lactones) is 2. The smallest absolute Gasteiger partial charge is 0.321 e. The van der Waals surface area contributed by atoms with Crippen LogP contribution in [0.4, 0.5) is 0 Å². The molecule has 1 aliphatic heterocycles. The van der Waals surface area contributed by atoms with Gasteiger partial charge in [-0.05, 0) is 26.2 Å². The minimum Gasteiger partial charge on any atom is -0.392 e. The van der Waals surface area contributed by atoms with E-state index in [9.17, 15) is 9.59 Å². The summed E-state index contributed by atoms with van der Waals surface area (Å²) in [6.07, 6.45) is 5.85. The maximum Gasteiger partial charge on any atom is 0.321 e. The molecular weight excluding hydrogens is 180 g/mol. The first-order valence-corrected chi connectivity index (χ1v) is 4.98. The van der Waals surface area contributed by atoms with Gasteiger partial charge in [-0.2, -0.15) is 0 Å². The van der Waals surface area contributed by atoms with Gasteiger partial charge >= 0.3 is 11.9 Å². The summed E-state index contributed by atoms with van der Waals surface area (Å²) in [4.78, 5) is 23.3. The zero-order chi connectivity index (χ0) is 10.4. The van der Waals surface area contributed by atoms with Crippen molar-refractivity contribution in [1.29, 1.82) is 0 Å². The molecule has 0 spiro atoms. The highest BCUT2D eigenvalue weighted by atomic mass is 16.6. The van der Waals surface area contributed by atoms with Gasteiger partial charge in [0.2, 0.25) is 0 Å². The van der Waals surface area contributed by atoms with Crippen molar-refractivity contribution in [2.45, 2.75) is 33.1 Å². The van der Waals surface area contributed by atoms with Gasteiger partial charge in [0.25, 0.3) is 0 Å². The fourth-order valence-corrected chi connectivity index (χ4v) is 2.58. The summed E-state index contributed by atoms with van der Waals surface area (Å²) in [7, 11) is 0. The molecule has 14 heavy (non-hydrogen) atoms. The van der Waals surface area contributed by atoms with Crippen LogP contribution in [0.5, 0.6) is 0 Å². The number of fused-ring (bicyclic) bond motifs is 1. The summed E-state index contributed by atoms with van der Waals surface area (Å²) in [5.74, 6) is -0.689. The molecule has 2 atom stereocenters. The molecule has 1 saturated heterocycles. The quantitative estimate of drug-likeness (QED) is 0.363. The van der Waals surface area contributed by atoms with Gasteiger partial charge in [0.15, 0.2) is 0 Å². The second kappa shape index (κ2) is 2.69. The van der Waals surface area contributed by atoms with Crippen LogP contribution in [-0.2, 0) is 14.3 Å². The Morgan fingerprint density at radius 3 is 2.50 bits per heavy atom. The molecule has 0 saturated carbocycles. The number of carbonyl (C=O) groups excluding carboxylic acids is 2. The summed E-state index contributed by atoms with van der Waals surface area (Å²) < 4.78 is 4.79. The molecule has 2 aliphatic rings. The molecule has 3 heteroatoms. The lowest BCUT2D eigenvalue weighted by Gasteiger charge is -2.38. The van der Waals surface area contributed by atoms with E-state index < -0.39 is 10.8 Å². The number of rotatable bonds is 1. The Kier molecular flexibility index (Phi) is 1.81. The highest BCUT2D eigenvalue weighted by Crippen LogP contribution is 2.55. The minimum absolute atomic E-state index is 0.336. The van der Waals surface area contributed by atoms with E-state index in [1.807, 2.05) is 26.0 Å². The lowest BCUT2D eigenvalue weighted by molar-refractivity contribution is -0.155. The van der Waals surface area contributed by atoms with Gasteiger partial charge in [-0.15, -0.1) is 0 Å². The van der Waals surface area contributed by atoms with Crippen molar-refractivity contribution in [3.05, 3.63) is 12.2 Å². The van der Waals surface area contributed by atoms with E-state index in [4.69, 9.17) is 4.74 Å². The van der Waals surface area contributed by atoms with E-state index in [1.54, 1.807) is 0 Å². The van der Waals surface area contributed by atoms with Gasteiger partial charge in [-0.3, -0.25) is 9.59 Å². The van der Waals surface area contributed by atoms with E-state index in [-0.39, 0.29) is 11.9 Å². The minimum atomic E-state index is -0.631. The first-order chi connectivity index (χ1) is 6.57. The number of ether oxygens (including phenoxy) is 1. The number of hydrogen-bond acceptors (Lipinski definition) is 3. The predicted octanol–water partition coefficient (Wildman–Crippen LogP) is 1.82. The topological polar surface area (TPSA) is 43.4 Å². The average molecular weight is 194 g/mol. The summed E-state index contributed by atoms with van der Waals surface area (Å²) in [6.45, 7) is 3.78. The monoisotopic (exact) mass is 194 g/mol. The number of allylic oxidation sites excluding steroid dienone is 2. The number of hydrogen-bond donors (Lipinski definition) is 0. The second-order valence-corrected chi connectivity index (χ2v) is 4.32. The molecule has 1 aliphatic carbocycles. The molecule has 0 radical (unpaired) electrons. The molecule has 76 valence electrons. The standard InChI is InChI=1S/C11H14O3/c1-3-11-7-5-4-6-10(11,2)8(12)14-9(11)13/h4-5H,3,6-7H2,1-2H3. The molecule has 0 bridgehead atoms. The Hall–Kier alpha value is -1.12. The van der Waals surface area contributed by atoms with Crippen molar-refractivity contribution in [3.63, 3.8) is 0 Å². The molecule has 0 aromatic heterocycles. The first-order valence-electron chi connectivity index (χ1n) is 4.98. The fraction of sp³-hybridized carbons (Fsp3) is 0.636. The van der Waals surface area contributed by atoms with Crippen LogP contribution in [0.15, 0.2) is 12.2 Å². The van der Waals surface area contributed by atoms with E-state index in [2.05, 4.69) is 0 Å². The Morgan fingerprint density at radius 2 is 1.93 bits per heavy atom. The molecule has 0 aromatic carbocycles. The molecular formula is C11H14O3. The zero-order valence-electron chi connectivity index (χ0n) is 8.50. The van der Waals surface area contributed by atoms with Crippen molar-refractivity contribution in [1.82, 2.24) is 0 Å². The van der Waals surface area contributed by atoms with Crippen molar-refractivity contribution in [3.8, 4) is 0 Å². The largest absolute Gasteiger partial charge is 0.392 e. The highest BCUT2D eigenvalue weighted by molar-refractivity contribution is 6.02. The van der Waals surface area contributed by atoms with Crippen LogP contribution >= 0.6 is 0 Å². The number of carbonyl (C=O) groups is 2. The molecule has 1 heterocycles. The van der Waals surface area contributed by atoms with E-state index >= 15 is 0 Å². The lowest BCUT2D eigenvalue weighted by Crippen LogP contribution is -2.43. The van der Waals surface area contributed by atoms with Crippen molar-refractivity contribution >= 4 is 11.9 Å². The third-order valence-electron chi connectivity index (χ3n) is 3.85. The molecule has 2 rings (SSSR count). The third-order valence-corrected chi connectivity index (χ3v) is 3.85. The molecule has 0 N–H and O–H groups in total. The number of esters is 2. The summed E-state index contributed by atoms with van der Waals surface area (Å²) in [5.41, 5.74) is -1.23. The van der Waals surface area contributed by atoms with Crippen LogP contribution < -0.4 is 0 Å². The second-order valence-electron chi connectivity index (χ2n) is 4.32. The zero-order valence-corrected chi connectivity index (χ0v) is 8.50.